The Labute approximate surface area is 108 Å². The Bertz CT molecular complexity index is 432. The molecule has 1 aromatic rings. The normalized spacial score (nSPS) is 19.4. The molecule has 0 radical (unpaired) electrons. The van der Waals surface area contributed by atoms with Gasteiger partial charge >= 0.3 is 5.97 Å². The topological polar surface area (TPSA) is 58.6 Å². The summed E-state index contributed by atoms with van der Waals surface area (Å²) < 4.78 is 6.04. The molecule has 5 heteroatoms. The van der Waals surface area contributed by atoms with Crippen molar-refractivity contribution in [2.45, 2.75) is 6.04 Å². The van der Waals surface area contributed by atoms with Gasteiger partial charge < -0.3 is 15.2 Å². The van der Waals surface area contributed by atoms with E-state index in [2.05, 4.69) is 21.2 Å². The number of benzene rings is 1. The van der Waals surface area contributed by atoms with Gasteiger partial charge in [-0.05, 0) is 24.7 Å². The summed E-state index contributed by atoms with van der Waals surface area (Å²) in [7, 11) is 1.77. The molecule has 1 fully saturated rings. The van der Waals surface area contributed by atoms with Crippen LogP contribution in [0.5, 0.6) is 0 Å². The number of hydrogen-bond acceptors (Lipinski definition) is 3. The van der Waals surface area contributed by atoms with E-state index in [1.54, 1.807) is 7.05 Å². The Morgan fingerprint density at radius 3 is 2.71 bits per heavy atom. The molecule has 4 nitrogen and oxygen atoms in total. The summed E-state index contributed by atoms with van der Waals surface area (Å²) in [6, 6.07) is 7.44. The van der Waals surface area contributed by atoms with Gasteiger partial charge in [0, 0.05) is 4.47 Å². The van der Waals surface area contributed by atoms with Crippen LogP contribution in [0.3, 0.4) is 0 Å². The zero-order valence-corrected chi connectivity index (χ0v) is 11.0. The fourth-order valence-electron chi connectivity index (χ4n) is 2.18. The van der Waals surface area contributed by atoms with Gasteiger partial charge in [0.1, 0.15) is 5.41 Å². The molecule has 1 aliphatic heterocycles. The van der Waals surface area contributed by atoms with Gasteiger partial charge in [-0.3, -0.25) is 4.79 Å². The number of carboxylic acids is 1. The van der Waals surface area contributed by atoms with E-state index in [1.807, 2.05) is 24.3 Å². The highest BCUT2D eigenvalue weighted by atomic mass is 79.9. The highest BCUT2D eigenvalue weighted by molar-refractivity contribution is 9.10. The third-order valence-corrected chi connectivity index (χ3v) is 3.66. The lowest BCUT2D eigenvalue weighted by Gasteiger charge is -2.43. The van der Waals surface area contributed by atoms with E-state index in [-0.39, 0.29) is 19.3 Å². The molecule has 17 heavy (non-hydrogen) atoms. The van der Waals surface area contributed by atoms with Gasteiger partial charge in [0.2, 0.25) is 0 Å². The minimum Gasteiger partial charge on any atom is -0.481 e. The van der Waals surface area contributed by atoms with E-state index in [9.17, 15) is 9.90 Å². The molecule has 0 spiro atoms. The molecule has 1 saturated heterocycles. The number of hydrogen-bond donors (Lipinski definition) is 2. The fourth-order valence-corrected chi connectivity index (χ4v) is 2.60. The Balaban J connectivity index is 2.36. The third kappa shape index (κ3) is 2.10. The van der Waals surface area contributed by atoms with Crippen LogP contribution in [0.4, 0.5) is 0 Å². The van der Waals surface area contributed by atoms with Crippen molar-refractivity contribution >= 4 is 21.9 Å². The largest absolute Gasteiger partial charge is 0.481 e. The van der Waals surface area contributed by atoms with Crippen LogP contribution in [0.1, 0.15) is 11.6 Å². The minimum atomic E-state index is -0.852. The summed E-state index contributed by atoms with van der Waals surface area (Å²) in [5.41, 5.74) is 0.0998. The molecule has 1 aliphatic rings. The number of nitrogens with one attached hydrogen (secondary N) is 1. The summed E-state index contributed by atoms with van der Waals surface area (Å²) in [4.78, 5) is 11.4. The van der Waals surface area contributed by atoms with Crippen molar-refractivity contribution < 1.29 is 14.6 Å². The molecule has 0 amide bonds. The Kier molecular flexibility index (Phi) is 3.51. The molecule has 0 aromatic heterocycles. The van der Waals surface area contributed by atoms with Gasteiger partial charge in [-0.15, -0.1) is 0 Å². The zero-order chi connectivity index (χ0) is 12.5. The van der Waals surface area contributed by atoms with Crippen molar-refractivity contribution in [1.29, 1.82) is 0 Å². The molecule has 0 aliphatic carbocycles. The van der Waals surface area contributed by atoms with Gasteiger partial charge in [-0.2, -0.15) is 0 Å². The van der Waals surface area contributed by atoms with Crippen molar-refractivity contribution in [3.63, 3.8) is 0 Å². The monoisotopic (exact) mass is 299 g/mol. The first-order chi connectivity index (χ1) is 8.10. The lowest BCUT2D eigenvalue weighted by Crippen LogP contribution is -2.56. The minimum absolute atomic E-state index is 0.244. The van der Waals surface area contributed by atoms with Gasteiger partial charge in [0.15, 0.2) is 0 Å². The highest BCUT2D eigenvalue weighted by Crippen LogP contribution is 2.41. The van der Waals surface area contributed by atoms with Crippen LogP contribution in [0, 0.1) is 5.41 Å². The number of rotatable bonds is 4. The standard InChI is InChI=1S/C12H14BrNO3/c1-14-10(8-3-2-4-9(13)5-8)12(11(15)16)6-17-7-12/h2-5,10,14H,6-7H2,1H3,(H,15,16). The van der Waals surface area contributed by atoms with Crippen LogP contribution in [0.15, 0.2) is 28.7 Å². The van der Waals surface area contributed by atoms with Crippen LogP contribution >= 0.6 is 15.9 Å². The molecule has 0 bridgehead atoms. The zero-order valence-electron chi connectivity index (χ0n) is 9.44. The van der Waals surface area contributed by atoms with E-state index in [4.69, 9.17) is 4.74 Å². The van der Waals surface area contributed by atoms with Gasteiger partial charge in [-0.25, -0.2) is 0 Å². The van der Waals surface area contributed by atoms with Gasteiger partial charge in [-0.1, -0.05) is 28.1 Å². The average molecular weight is 300 g/mol. The maximum atomic E-state index is 11.4. The van der Waals surface area contributed by atoms with Crippen molar-refractivity contribution in [2.75, 3.05) is 20.3 Å². The van der Waals surface area contributed by atoms with E-state index in [1.165, 1.54) is 0 Å². The summed E-state index contributed by atoms with van der Waals surface area (Å²) in [6.07, 6.45) is 0. The van der Waals surface area contributed by atoms with Crippen LogP contribution < -0.4 is 5.32 Å². The summed E-state index contributed by atoms with van der Waals surface area (Å²) in [6.45, 7) is 0.501. The third-order valence-electron chi connectivity index (χ3n) is 3.17. The number of carboxylic acid groups (broad SMARTS) is 1. The molecule has 2 N–H and O–H groups in total. The van der Waals surface area contributed by atoms with Crippen molar-refractivity contribution in [3.05, 3.63) is 34.3 Å². The summed E-state index contributed by atoms with van der Waals surface area (Å²) in [5.74, 6) is -0.817. The Morgan fingerprint density at radius 1 is 1.59 bits per heavy atom. The van der Waals surface area contributed by atoms with Crippen molar-refractivity contribution in [3.8, 4) is 0 Å². The van der Waals surface area contributed by atoms with Gasteiger partial charge in [0.05, 0.1) is 19.3 Å². The second-order valence-corrected chi connectivity index (χ2v) is 5.15. The fraction of sp³-hybridized carbons (Fsp3) is 0.417. The molecular weight excluding hydrogens is 286 g/mol. The van der Waals surface area contributed by atoms with Crippen LogP contribution in [-0.2, 0) is 9.53 Å². The van der Waals surface area contributed by atoms with E-state index in [0.29, 0.717) is 0 Å². The molecule has 0 saturated carbocycles. The lowest BCUT2D eigenvalue weighted by molar-refractivity contribution is -0.186. The van der Waals surface area contributed by atoms with E-state index in [0.717, 1.165) is 10.0 Å². The highest BCUT2D eigenvalue weighted by Gasteiger charge is 2.52. The number of aliphatic carboxylic acids is 1. The number of ether oxygens (including phenoxy) is 1. The second-order valence-electron chi connectivity index (χ2n) is 4.23. The first kappa shape index (κ1) is 12.5. The van der Waals surface area contributed by atoms with Gasteiger partial charge in [0.25, 0.3) is 0 Å². The number of halogens is 1. The van der Waals surface area contributed by atoms with Crippen LogP contribution in [0.2, 0.25) is 0 Å². The molecular formula is C12H14BrNO3. The predicted octanol–water partition coefficient (Wildman–Crippen LogP) is 1.81. The molecule has 1 atom stereocenters. The molecule has 92 valence electrons. The Morgan fingerprint density at radius 2 is 2.29 bits per heavy atom. The van der Waals surface area contributed by atoms with E-state index >= 15 is 0 Å². The average Bonchev–Trinajstić information content (AvgIpc) is 2.22. The number of carbonyl (C=O) groups is 1. The maximum Gasteiger partial charge on any atom is 0.316 e. The van der Waals surface area contributed by atoms with Crippen LogP contribution in [-0.4, -0.2) is 31.3 Å². The SMILES string of the molecule is CNC(c1cccc(Br)c1)C1(C(=O)O)COC1. The first-order valence-corrected chi connectivity index (χ1v) is 6.13. The Hall–Kier alpha value is -0.910. The maximum absolute atomic E-state index is 11.4. The molecule has 2 rings (SSSR count). The molecule has 1 heterocycles. The molecule has 1 aromatic carbocycles. The predicted molar refractivity (Wildman–Crippen MR) is 66.8 cm³/mol. The first-order valence-electron chi connectivity index (χ1n) is 5.34. The summed E-state index contributed by atoms with van der Waals surface area (Å²) in [5, 5.41) is 12.5. The van der Waals surface area contributed by atoms with Crippen LogP contribution in [0.25, 0.3) is 0 Å². The molecule has 1 unspecified atom stereocenters. The van der Waals surface area contributed by atoms with Crippen molar-refractivity contribution in [1.82, 2.24) is 5.32 Å². The van der Waals surface area contributed by atoms with E-state index < -0.39 is 11.4 Å². The summed E-state index contributed by atoms with van der Waals surface area (Å²) >= 11 is 3.40. The quantitative estimate of drug-likeness (QED) is 0.890. The van der Waals surface area contributed by atoms with Crippen molar-refractivity contribution in [2.24, 2.45) is 5.41 Å². The lowest BCUT2D eigenvalue weighted by atomic mass is 9.75. The smallest absolute Gasteiger partial charge is 0.316 e. The second kappa shape index (κ2) is 4.76.